The number of rotatable bonds is 8. The minimum atomic E-state index is 0.823. The second-order valence-corrected chi connectivity index (χ2v) is 6.63. The van der Waals surface area contributed by atoms with E-state index in [0.717, 1.165) is 27.3 Å². The van der Waals surface area contributed by atoms with E-state index in [1.165, 1.54) is 49.7 Å². The van der Waals surface area contributed by atoms with Crippen LogP contribution in [0.3, 0.4) is 0 Å². The van der Waals surface area contributed by atoms with E-state index in [0.29, 0.717) is 0 Å². The largest absolute Gasteiger partial charge is 0.137 e. The lowest BCUT2D eigenvalue weighted by Gasteiger charge is -2.06. The van der Waals surface area contributed by atoms with Crippen LogP contribution in [0.15, 0.2) is 42.5 Å². The molecule has 1 heterocycles. The summed E-state index contributed by atoms with van der Waals surface area (Å²) in [5, 5.41) is 8.47. The molecule has 4 heteroatoms. The van der Waals surface area contributed by atoms with Crippen molar-refractivity contribution < 1.29 is 0 Å². The summed E-state index contributed by atoms with van der Waals surface area (Å²) in [7, 11) is 0. The van der Waals surface area contributed by atoms with Crippen LogP contribution in [0.25, 0.3) is 22.2 Å². The second kappa shape index (κ2) is 8.29. The maximum Gasteiger partial charge on any atom is 0.122 e. The van der Waals surface area contributed by atoms with Crippen LogP contribution in [-0.2, 0) is 6.42 Å². The quantitative estimate of drug-likeness (QED) is 0.470. The Morgan fingerprint density at radius 1 is 0.917 bits per heavy atom. The molecule has 126 valence electrons. The summed E-state index contributed by atoms with van der Waals surface area (Å²) in [6.45, 7) is 2.26. The highest BCUT2D eigenvalue weighted by molar-refractivity contribution is 6.14. The summed E-state index contributed by atoms with van der Waals surface area (Å²) < 4.78 is 1.12. The molecule has 0 aliphatic carbocycles. The van der Waals surface area contributed by atoms with Gasteiger partial charge in [-0.15, -0.1) is 10.2 Å². The molecule has 3 aromatic rings. The van der Waals surface area contributed by atoms with Gasteiger partial charge in [-0.3, -0.25) is 0 Å². The fraction of sp³-hybridized carbons (Fsp3) is 0.400. The number of hydrogen-bond acceptors (Lipinski definition) is 2. The first-order chi connectivity index (χ1) is 11.8. The molecule has 0 saturated carbocycles. The zero-order valence-corrected chi connectivity index (χ0v) is 15.0. The standard InChI is InChI=1S/C20H24ClN3/c1-2-3-4-5-6-7-10-16-11-8-12-17(15-16)18-13-9-14-19-20(18)23-24(21)22-19/h8-9,11-15H,2-7,10H2,1H3. The first-order valence-corrected chi connectivity index (χ1v) is 9.23. The van der Waals surface area contributed by atoms with Crippen molar-refractivity contribution in [2.45, 2.75) is 51.9 Å². The molecular formula is C20H24ClN3. The molecule has 0 amide bonds. The van der Waals surface area contributed by atoms with Crippen molar-refractivity contribution in [3.05, 3.63) is 48.0 Å². The number of benzene rings is 2. The Kier molecular flexibility index (Phi) is 5.86. The zero-order chi connectivity index (χ0) is 16.8. The van der Waals surface area contributed by atoms with Crippen LogP contribution in [0.1, 0.15) is 51.0 Å². The lowest BCUT2D eigenvalue weighted by atomic mass is 9.99. The van der Waals surface area contributed by atoms with Crippen LogP contribution in [-0.4, -0.2) is 14.5 Å². The number of fused-ring (bicyclic) bond motifs is 1. The highest BCUT2D eigenvalue weighted by atomic mass is 35.5. The Morgan fingerprint density at radius 2 is 1.71 bits per heavy atom. The van der Waals surface area contributed by atoms with Gasteiger partial charge in [-0.25, -0.2) is 0 Å². The molecule has 1 aromatic heterocycles. The van der Waals surface area contributed by atoms with E-state index >= 15 is 0 Å². The number of aromatic nitrogens is 3. The fourth-order valence-corrected chi connectivity index (χ4v) is 3.30. The lowest BCUT2D eigenvalue weighted by Crippen LogP contribution is -1.88. The van der Waals surface area contributed by atoms with Gasteiger partial charge in [-0.1, -0.05) is 79.7 Å². The SMILES string of the molecule is CCCCCCCCc1cccc(-c2cccc3nn(Cl)nc23)c1. The van der Waals surface area contributed by atoms with Crippen molar-refractivity contribution in [1.82, 2.24) is 14.5 Å². The van der Waals surface area contributed by atoms with Gasteiger partial charge in [0.25, 0.3) is 0 Å². The van der Waals surface area contributed by atoms with Crippen molar-refractivity contribution in [2.75, 3.05) is 0 Å². The summed E-state index contributed by atoms with van der Waals surface area (Å²) in [6, 6.07) is 14.8. The van der Waals surface area contributed by atoms with Gasteiger partial charge in [0.15, 0.2) is 0 Å². The topological polar surface area (TPSA) is 30.7 Å². The van der Waals surface area contributed by atoms with Crippen LogP contribution in [0.2, 0.25) is 0 Å². The predicted octanol–water partition coefficient (Wildman–Crippen LogP) is 6.00. The third-order valence-corrected chi connectivity index (χ3v) is 4.60. The first-order valence-electron chi connectivity index (χ1n) is 8.89. The van der Waals surface area contributed by atoms with E-state index in [1.807, 2.05) is 12.1 Å². The monoisotopic (exact) mass is 341 g/mol. The lowest BCUT2D eigenvalue weighted by molar-refractivity contribution is 0.607. The van der Waals surface area contributed by atoms with Crippen LogP contribution < -0.4 is 0 Å². The van der Waals surface area contributed by atoms with Gasteiger partial charge in [-0.05, 0) is 30.0 Å². The average Bonchev–Trinajstić information content (AvgIpc) is 2.98. The first kappa shape index (κ1) is 17.0. The van der Waals surface area contributed by atoms with Crippen LogP contribution in [0, 0.1) is 0 Å². The maximum absolute atomic E-state index is 5.89. The number of aryl methyl sites for hydroxylation is 1. The van der Waals surface area contributed by atoms with Gasteiger partial charge < -0.3 is 0 Å². The Morgan fingerprint density at radius 3 is 2.58 bits per heavy atom. The molecule has 0 bridgehead atoms. The number of hydrogen-bond donors (Lipinski definition) is 0. The van der Waals surface area contributed by atoms with Crippen molar-refractivity contribution in [3.8, 4) is 11.1 Å². The van der Waals surface area contributed by atoms with Gasteiger partial charge in [0, 0.05) is 5.56 Å². The molecule has 0 spiro atoms. The predicted molar refractivity (Wildman–Crippen MR) is 101 cm³/mol. The van der Waals surface area contributed by atoms with Gasteiger partial charge >= 0.3 is 0 Å². The van der Waals surface area contributed by atoms with E-state index in [-0.39, 0.29) is 0 Å². The highest BCUT2D eigenvalue weighted by Gasteiger charge is 2.09. The number of halogens is 1. The highest BCUT2D eigenvalue weighted by Crippen LogP contribution is 2.27. The molecule has 24 heavy (non-hydrogen) atoms. The molecule has 0 aliphatic rings. The van der Waals surface area contributed by atoms with E-state index in [1.54, 1.807) is 0 Å². The molecule has 2 aromatic carbocycles. The summed E-state index contributed by atoms with van der Waals surface area (Å²) >= 11 is 5.89. The minimum absolute atomic E-state index is 0.823. The van der Waals surface area contributed by atoms with Gasteiger partial charge in [0.1, 0.15) is 11.0 Å². The minimum Gasteiger partial charge on any atom is -0.137 e. The number of nitrogens with zero attached hydrogens (tertiary/aromatic N) is 3. The molecule has 3 nitrogen and oxygen atoms in total. The average molecular weight is 342 g/mol. The van der Waals surface area contributed by atoms with Crippen molar-refractivity contribution >= 4 is 22.8 Å². The second-order valence-electron chi connectivity index (χ2n) is 6.33. The van der Waals surface area contributed by atoms with Crippen LogP contribution >= 0.6 is 11.8 Å². The molecule has 0 unspecified atom stereocenters. The van der Waals surface area contributed by atoms with Gasteiger partial charge in [0.05, 0.1) is 11.8 Å². The third-order valence-electron chi connectivity index (χ3n) is 4.44. The molecule has 0 aliphatic heterocycles. The van der Waals surface area contributed by atoms with Crippen molar-refractivity contribution in [1.29, 1.82) is 0 Å². The van der Waals surface area contributed by atoms with Crippen molar-refractivity contribution in [2.24, 2.45) is 0 Å². The Labute approximate surface area is 148 Å². The smallest absolute Gasteiger partial charge is 0.122 e. The van der Waals surface area contributed by atoms with E-state index in [4.69, 9.17) is 11.8 Å². The molecule has 0 radical (unpaired) electrons. The Hall–Kier alpha value is -1.87. The summed E-state index contributed by atoms with van der Waals surface area (Å²) in [6.07, 6.45) is 9.10. The van der Waals surface area contributed by atoms with Gasteiger partial charge in [-0.2, -0.15) is 0 Å². The molecular weight excluding hydrogens is 318 g/mol. The van der Waals surface area contributed by atoms with E-state index in [2.05, 4.69) is 47.5 Å². The van der Waals surface area contributed by atoms with Crippen LogP contribution in [0.4, 0.5) is 0 Å². The normalized spacial score (nSPS) is 11.2. The van der Waals surface area contributed by atoms with Gasteiger partial charge in [0.2, 0.25) is 0 Å². The zero-order valence-electron chi connectivity index (χ0n) is 14.2. The molecule has 0 atom stereocenters. The molecule has 0 N–H and O–H groups in total. The third kappa shape index (κ3) is 4.15. The Bertz CT molecular complexity index is 794. The molecule has 3 rings (SSSR count). The van der Waals surface area contributed by atoms with E-state index < -0.39 is 0 Å². The fourth-order valence-electron chi connectivity index (χ4n) is 3.15. The summed E-state index contributed by atoms with van der Waals surface area (Å²) in [5.41, 5.74) is 5.33. The summed E-state index contributed by atoms with van der Waals surface area (Å²) in [4.78, 5) is 0. The maximum atomic E-state index is 5.89. The molecule has 0 fully saturated rings. The molecule has 0 saturated heterocycles. The van der Waals surface area contributed by atoms with Crippen LogP contribution in [0.5, 0.6) is 0 Å². The summed E-state index contributed by atoms with van der Waals surface area (Å²) in [5.74, 6) is 0. The van der Waals surface area contributed by atoms with Crippen molar-refractivity contribution in [3.63, 3.8) is 0 Å². The Balaban J connectivity index is 1.70. The van der Waals surface area contributed by atoms with E-state index in [9.17, 15) is 0 Å². The number of unbranched alkanes of at least 4 members (excludes halogenated alkanes) is 5.